The Morgan fingerprint density at radius 1 is 1.37 bits per heavy atom. The molecule has 0 N–H and O–H groups in total. The van der Waals surface area contributed by atoms with E-state index in [-0.39, 0.29) is 0 Å². The van der Waals surface area contributed by atoms with Gasteiger partial charge in [0.15, 0.2) is 11.5 Å². The maximum absolute atomic E-state index is 13.6. The van der Waals surface area contributed by atoms with Crippen molar-refractivity contribution in [1.29, 1.82) is 0 Å². The second-order valence-electron chi connectivity index (χ2n) is 4.65. The van der Waals surface area contributed by atoms with Crippen LogP contribution in [0.5, 0.6) is 11.5 Å². The van der Waals surface area contributed by atoms with E-state index in [1.165, 1.54) is 21.1 Å². The van der Waals surface area contributed by atoms with E-state index >= 15 is 0 Å². The lowest BCUT2D eigenvalue weighted by molar-refractivity contribution is 0.341. The summed E-state index contributed by atoms with van der Waals surface area (Å²) in [7, 11) is 3.01. The predicted molar refractivity (Wildman–Crippen MR) is 68.1 cm³/mol. The molecule has 1 aliphatic rings. The van der Waals surface area contributed by atoms with Crippen molar-refractivity contribution in [1.82, 2.24) is 0 Å². The molecule has 1 aromatic carbocycles. The third-order valence-corrected chi connectivity index (χ3v) is 3.45. The maximum Gasteiger partial charge on any atom is 0.235 e. The molecule has 1 atom stereocenters. The Bertz CT molecular complexity index is 532. The van der Waals surface area contributed by atoms with Crippen molar-refractivity contribution < 1.29 is 18.7 Å². The van der Waals surface area contributed by atoms with Gasteiger partial charge in [0.05, 0.1) is 14.2 Å². The Kier molecular flexibility index (Phi) is 3.58. The molecule has 1 aliphatic carbocycles. The molecule has 0 spiro atoms. The fourth-order valence-corrected chi connectivity index (χ4v) is 2.21. The average Bonchev–Trinajstić information content (AvgIpc) is 3.18. The van der Waals surface area contributed by atoms with Gasteiger partial charge in [-0.2, -0.15) is 4.99 Å². The quantitative estimate of drug-likeness (QED) is 0.607. The number of carbonyl (C=O) groups excluding carboxylic acids is 1. The minimum Gasteiger partial charge on any atom is -0.493 e. The number of methoxy groups -OCH3 is 2. The first kappa shape index (κ1) is 13.6. The monoisotopic (exact) mass is 265 g/mol. The lowest BCUT2D eigenvalue weighted by atomic mass is 9.98. The zero-order valence-electron chi connectivity index (χ0n) is 11.2. The van der Waals surface area contributed by atoms with Crippen LogP contribution in [0.3, 0.4) is 0 Å². The van der Waals surface area contributed by atoms with Crippen molar-refractivity contribution in [2.75, 3.05) is 14.2 Å². The molecule has 0 amide bonds. The lowest BCUT2D eigenvalue weighted by Gasteiger charge is -2.18. The summed E-state index contributed by atoms with van der Waals surface area (Å²) in [5.74, 6) is 0.954. The van der Waals surface area contributed by atoms with Crippen molar-refractivity contribution in [2.24, 2.45) is 4.99 Å². The highest BCUT2D eigenvalue weighted by Crippen LogP contribution is 2.54. The Morgan fingerprint density at radius 2 is 2.05 bits per heavy atom. The van der Waals surface area contributed by atoms with Crippen LogP contribution in [0, 0.1) is 0 Å². The fraction of sp³-hybridized carbons (Fsp3) is 0.500. The Morgan fingerprint density at radius 3 is 2.47 bits per heavy atom. The van der Waals surface area contributed by atoms with Crippen LogP contribution in [0.25, 0.3) is 0 Å². The van der Waals surface area contributed by atoms with Gasteiger partial charge in [0.1, 0.15) is 11.7 Å². The van der Waals surface area contributed by atoms with E-state index in [2.05, 4.69) is 4.99 Å². The minimum atomic E-state index is -1.13. The van der Waals surface area contributed by atoms with Crippen molar-refractivity contribution in [3.63, 3.8) is 0 Å². The summed E-state index contributed by atoms with van der Waals surface area (Å²) in [6.07, 6.45) is 1.92. The highest BCUT2D eigenvalue weighted by atomic mass is 19.1. The summed E-state index contributed by atoms with van der Waals surface area (Å²) >= 11 is 0. The van der Waals surface area contributed by atoms with Gasteiger partial charge in [-0.3, -0.25) is 0 Å². The molecule has 4 nitrogen and oxygen atoms in total. The molecule has 1 saturated carbocycles. The van der Waals surface area contributed by atoms with E-state index in [4.69, 9.17) is 9.47 Å². The fourth-order valence-electron chi connectivity index (χ4n) is 2.21. The molecule has 5 heteroatoms. The highest BCUT2D eigenvalue weighted by molar-refractivity contribution is 5.56. The number of hydrogen-bond acceptors (Lipinski definition) is 4. The number of halogens is 1. The van der Waals surface area contributed by atoms with Crippen molar-refractivity contribution in [3.8, 4) is 11.5 Å². The van der Waals surface area contributed by atoms with Gasteiger partial charge < -0.3 is 9.47 Å². The molecular weight excluding hydrogens is 249 g/mol. The van der Waals surface area contributed by atoms with E-state index in [9.17, 15) is 9.18 Å². The van der Waals surface area contributed by atoms with Crippen LogP contribution in [0.1, 0.15) is 37.1 Å². The van der Waals surface area contributed by atoms with Gasteiger partial charge in [0, 0.05) is 5.56 Å². The molecule has 1 aromatic rings. The summed E-state index contributed by atoms with van der Waals surface area (Å²) < 4.78 is 24.1. The first-order valence-corrected chi connectivity index (χ1v) is 6.07. The summed E-state index contributed by atoms with van der Waals surface area (Å²) in [5, 5.41) is 0. The first-order chi connectivity index (χ1) is 9.07. The molecule has 0 saturated heterocycles. The van der Waals surface area contributed by atoms with Gasteiger partial charge in [-0.05, 0) is 37.5 Å². The van der Waals surface area contributed by atoms with Crippen LogP contribution in [-0.2, 0) is 10.3 Å². The van der Waals surface area contributed by atoms with Crippen LogP contribution in [0.4, 0.5) is 4.39 Å². The van der Waals surface area contributed by atoms with Crippen LogP contribution < -0.4 is 9.47 Å². The number of isocyanates is 1. The minimum absolute atomic E-state index is 0.451. The van der Waals surface area contributed by atoms with E-state index in [0.717, 1.165) is 12.8 Å². The number of alkyl halides is 1. The van der Waals surface area contributed by atoms with Crippen molar-refractivity contribution in [3.05, 3.63) is 23.3 Å². The topological polar surface area (TPSA) is 47.9 Å². The molecule has 1 fully saturated rings. The van der Waals surface area contributed by atoms with Gasteiger partial charge in [0.25, 0.3) is 0 Å². The molecule has 102 valence electrons. The molecule has 0 radical (unpaired) electrons. The molecule has 0 aromatic heterocycles. The molecule has 0 bridgehead atoms. The Labute approximate surface area is 111 Å². The molecular formula is C14H16FNO3. The van der Waals surface area contributed by atoms with E-state index in [1.54, 1.807) is 18.2 Å². The van der Waals surface area contributed by atoms with E-state index in [1.807, 2.05) is 0 Å². The Balaban J connectivity index is 2.63. The summed E-state index contributed by atoms with van der Waals surface area (Å²) in [6, 6.07) is 3.30. The first-order valence-electron chi connectivity index (χ1n) is 6.07. The summed E-state index contributed by atoms with van der Waals surface area (Å²) in [4.78, 5) is 14.4. The van der Waals surface area contributed by atoms with Crippen LogP contribution >= 0.6 is 0 Å². The van der Waals surface area contributed by atoms with E-state index < -0.39 is 11.7 Å². The summed E-state index contributed by atoms with van der Waals surface area (Å²) in [6.45, 7) is 1.45. The van der Waals surface area contributed by atoms with E-state index in [0.29, 0.717) is 22.6 Å². The number of nitrogens with zero attached hydrogens (tertiary/aromatic N) is 1. The number of rotatable bonds is 5. The summed E-state index contributed by atoms with van der Waals surface area (Å²) in [5.41, 5.74) is 0.558. The van der Waals surface area contributed by atoms with Crippen LogP contribution in [0.2, 0.25) is 0 Å². The third-order valence-electron chi connectivity index (χ3n) is 3.45. The standard InChI is InChI=1S/C14H16FNO3/c1-9(15)10-6-11(14(4-5-14)16-8-17)13(19-3)12(7-10)18-2/h6-7,9H,4-5H2,1-3H3. The smallest absolute Gasteiger partial charge is 0.235 e. The Hall–Kier alpha value is -1.87. The number of aliphatic imine (C=N–C) groups is 1. The highest BCUT2D eigenvalue weighted by Gasteiger charge is 2.47. The molecule has 19 heavy (non-hydrogen) atoms. The zero-order valence-corrected chi connectivity index (χ0v) is 11.2. The second kappa shape index (κ2) is 5.02. The number of ether oxygens (including phenoxy) is 2. The van der Waals surface area contributed by atoms with Gasteiger partial charge in [-0.15, -0.1) is 0 Å². The van der Waals surface area contributed by atoms with Gasteiger partial charge in [0.2, 0.25) is 6.08 Å². The molecule has 2 rings (SSSR count). The van der Waals surface area contributed by atoms with Crippen LogP contribution in [0.15, 0.2) is 17.1 Å². The predicted octanol–water partition coefficient (Wildman–Crippen LogP) is 3.06. The van der Waals surface area contributed by atoms with Gasteiger partial charge >= 0.3 is 0 Å². The zero-order chi connectivity index (χ0) is 14.0. The number of benzene rings is 1. The molecule has 0 heterocycles. The SMILES string of the molecule is COc1cc(C(C)F)cc(C2(N=C=O)CC2)c1OC. The normalized spacial score (nSPS) is 17.3. The molecule has 1 unspecified atom stereocenters. The number of hydrogen-bond donors (Lipinski definition) is 0. The van der Waals surface area contributed by atoms with Crippen LogP contribution in [-0.4, -0.2) is 20.3 Å². The third kappa shape index (κ3) is 2.34. The maximum atomic E-state index is 13.6. The lowest BCUT2D eigenvalue weighted by Crippen LogP contribution is -2.08. The molecule has 0 aliphatic heterocycles. The largest absolute Gasteiger partial charge is 0.493 e. The van der Waals surface area contributed by atoms with Crippen molar-refractivity contribution >= 4 is 6.08 Å². The van der Waals surface area contributed by atoms with Gasteiger partial charge in [-0.25, -0.2) is 9.18 Å². The average molecular weight is 265 g/mol. The second-order valence-corrected chi connectivity index (χ2v) is 4.65. The van der Waals surface area contributed by atoms with Crippen molar-refractivity contribution in [2.45, 2.75) is 31.5 Å². The van der Waals surface area contributed by atoms with Gasteiger partial charge in [-0.1, -0.05) is 0 Å².